The van der Waals surface area contributed by atoms with Crippen LogP contribution in [0.2, 0.25) is 0 Å². The second-order valence-corrected chi connectivity index (χ2v) is 6.40. The van der Waals surface area contributed by atoms with Crippen molar-refractivity contribution in [3.05, 3.63) is 24.0 Å². The van der Waals surface area contributed by atoms with Crippen LogP contribution in [0.5, 0.6) is 0 Å². The molecule has 2 rings (SSSR count). The number of rotatable bonds is 2. The van der Waals surface area contributed by atoms with Gasteiger partial charge in [-0.25, -0.2) is 4.39 Å². The molecule has 1 heterocycles. The van der Waals surface area contributed by atoms with Gasteiger partial charge >= 0.3 is 0 Å². The molecule has 0 N–H and O–H groups in total. The van der Waals surface area contributed by atoms with E-state index >= 15 is 0 Å². The number of hydrogen-bond acceptors (Lipinski definition) is 2. The molecular weight excluding hydrogens is 231 g/mol. The summed E-state index contributed by atoms with van der Waals surface area (Å²) in [7, 11) is 0.184. The van der Waals surface area contributed by atoms with Gasteiger partial charge in [-0.1, -0.05) is 0 Å². The molecule has 0 atom stereocenters. The normalized spacial score (nSPS) is 18.0. The lowest BCUT2D eigenvalue weighted by atomic mass is 10.3. The van der Waals surface area contributed by atoms with Crippen molar-refractivity contribution in [2.24, 2.45) is 0 Å². The van der Waals surface area contributed by atoms with Crippen LogP contribution < -0.4 is 0 Å². The van der Waals surface area contributed by atoms with Crippen LogP contribution in [-0.4, -0.2) is 31.0 Å². The maximum atomic E-state index is 13.2. The fourth-order valence-electron chi connectivity index (χ4n) is 1.62. The van der Waals surface area contributed by atoms with E-state index in [4.69, 9.17) is 4.74 Å². The van der Waals surface area contributed by atoms with Crippen molar-refractivity contribution in [3.8, 4) is 0 Å². The van der Waals surface area contributed by atoms with E-state index in [9.17, 15) is 4.39 Å². The Morgan fingerprint density at radius 1 is 1.33 bits per heavy atom. The molecule has 1 fully saturated rings. The lowest BCUT2D eigenvalue weighted by Crippen LogP contribution is -2.26. The molecule has 1 saturated heterocycles. The van der Waals surface area contributed by atoms with Crippen molar-refractivity contribution in [1.29, 1.82) is 0 Å². The largest absolute Gasteiger partial charge is 0.372 e. The summed E-state index contributed by atoms with van der Waals surface area (Å²) in [4.78, 5) is 2.40. The number of benzene rings is 1. The predicted molar refractivity (Wildman–Crippen MR) is 64.4 cm³/mol. The number of hydrogen-bond donors (Lipinski definition) is 0. The van der Waals surface area contributed by atoms with Crippen molar-refractivity contribution in [3.63, 3.8) is 0 Å². The van der Waals surface area contributed by atoms with Gasteiger partial charge in [0.15, 0.2) is 4.90 Å². The van der Waals surface area contributed by atoms with Crippen LogP contribution >= 0.6 is 11.8 Å². The molecule has 1 aliphatic heterocycles. The lowest BCUT2D eigenvalue weighted by molar-refractivity contribution is 0.159. The monoisotopic (exact) mass is 245 g/mol. The topological polar surface area (TPSA) is 9.23 Å². The van der Waals surface area contributed by atoms with E-state index in [1.165, 1.54) is 9.79 Å². The zero-order valence-corrected chi connectivity index (χ0v) is 10.3. The Morgan fingerprint density at radius 3 is 2.73 bits per heavy atom. The summed E-state index contributed by atoms with van der Waals surface area (Å²) in [6.45, 7) is 1.63. The van der Waals surface area contributed by atoms with E-state index in [0.29, 0.717) is 0 Å². The molecule has 0 saturated carbocycles. The van der Waals surface area contributed by atoms with E-state index in [0.717, 1.165) is 24.7 Å². The van der Waals surface area contributed by atoms with Gasteiger partial charge in [0, 0.05) is 17.0 Å². The molecule has 1 aromatic carbocycles. The summed E-state index contributed by atoms with van der Waals surface area (Å²) >= 11 is 1.70. The fraction of sp³-hybridized carbons (Fsp3) is 0.455. The molecule has 82 valence electrons. The average molecular weight is 245 g/mol. The highest BCUT2D eigenvalue weighted by Crippen LogP contribution is 2.28. The second-order valence-electron chi connectivity index (χ2n) is 3.31. The molecule has 0 aliphatic carbocycles. The van der Waals surface area contributed by atoms with Gasteiger partial charge in [-0.15, -0.1) is 11.8 Å². The first-order valence-corrected chi connectivity index (χ1v) is 7.69. The summed E-state index contributed by atoms with van der Waals surface area (Å²) in [6, 6.07) is 5.12. The summed E-state index contributed by atoms with van der Waals surface area (Å²) in [5.41, 5.74) is 0. The van der Waals surface area contributed by atoms with Crippen molar-refractivity contribution in [2.75, 3.05) is 31.0 Å². The highest BCUT2D eigenvalue weighted by atomic mass is 32.2. The van der Waals surface area contributed by atoms with Gasteiger partial charge < -0.3 is 4.74 Å². The van der Waals surface area contributed by atoms with E-state index < -0.39 is 0 Å². The fourth-order valence-corrected chi connectivity index (χ4v) is 4.60. The van der Waals surface area contributed by atoms with Gasteiger partial charge in [-0.3, -0.25) is 0 Å². The highest BCUT2D eigenvalue weighted by molar-refractivity contribution is 8.00. The molecular formula is C11H14FOS2+. The summed E-state index contributed by atoms with van der Waals surface area (Å²) in [5.74, 6) is 1.95. The standard InChI is InChI=1S/C11H14FOS2/c1-14-10-3-2-9(12)8-11(10)15-6-4-13-5-7-15/h2-3,8H,4-7H2,1H3/q+1. The summed E-state index contributed by atoms with van der Waals surface area (Å²) < 4.78 is 18.5. The molecule has 4 heteroatoms. The minimum absolute atomic E-state index is 0.123. The summed E-state index contributed by atoms with van der Waals surface area (Å²) in [5, 5.41) is 0. The molecule has 0 radical (unpaired) electrons. The van der Waals surface area contributed by atoms with Crippen LogP contribution in [0.15, 0.2) is 28.0 Å². The van der Waals surface area contributed by atoms with E-state index in [-0.39, 0.29) is 16.7 Å². The van der Waals surface area contributed by atoms with Crippen LogP contribution in [0.3, 0.4) is 0 Å². The Hall–Kier alpha value is -0.190. The van der Waals surface area contributed by atoms with Gasteiger partial charge in [0.1, 0.15) is 17.3 Å². The predicted octanol–water partition coefficient (Wildman–Crippen LogP) is 2.56. The molecule has 1 aliphatic rings. The molecule has 0 spiro atoms. The Morgan fingerprint density at radius 2 is 2.07 bits per heavy atom. The van der Waals surface area contributed by atoms with Crippen LogP contribution in [0.1, 0.15) is 0 Å². The third-order valence-corrected chi connectivity index (χ3v) is 5.59. The number of halogens is 1. The first kappa shape index (κ1) is 11.3. The number of ether oxygens (including phenoxy) is 1. The first-order valence-electron chi connectivity index (χ1n) is 4.90. The summed E-state index contributed by atoms with van der Waals surface area (Å²) in [6.07, 6.45) is 2.04. The minimum atomic E-state index is -0.123. The van der Waals surface area contributed by atoms with Crippen LogP contribution in [-0.2, 0) is 15.6 Å². The average Bonchev–Trinajstić information content (AvgIpc) is 2.30. The molecule has 0 unspecified atom stereocenters. The zero-order valence-electron chi connectivity index (χ0n) is 8.66. The smallest absolute Gasteiger partial charge is 0.171 e. The molecule has 0 bridgehead atoms. The maximum absolute atomic E-state index is 13.2. The van der Waals surface area contributed by atoms with Crippen LogP contribution in [0.4, 0.5) is 4.39 Å². The van der Waals surface area contributed by atoms with Crippen molar-refractivity contribution >= 4 is 22.7 Å². The third-order valence-electron chi connectivity index (χ3n) is 2.38. The van der Waals surface area contributed by atoms with Crippen molar-refractivity contribution < 1.29 is 9.13 Å². The molecule has 1 aromatic rings. The Labute approximate surface area is 96.7 Å². The third kappa shape index (κ3) is 2.68. The first-order chi connectivity index (χ1) is 7.31. The Balaban J connectivity index is 2.27. The minimum Gasteiger partial charge on any atom is -0.372 e. The van der Waals surface area contributed by atoms with E-state index in [1.807, 2.05) is 12.3 Å². The van der Waals surface area contributed by atoms with Gasteiger partial charge in [0.25, 0.3) is 0 Å². The van der Waals surface area contributed by atoms with Crippen molar-refractivity contribution in [2.45, 2.75) is 9.79 Å². The molecule has 1 nitrogen and oxygen atoms in total. The Kier molecular flexibility index (Phi) is 3.94. The van der Waals surface area contributed by atoms with Gasteiger partial charge in [0.05, 0.1) is 18.1 Å². The zero-order chi connectivity index (χ0) is 10.7. The molecule has 15 heavy (non-hydrogen) atoms. The van der Waals surface area contributed by atoms with E-state index in [1.54, 1.807) is 23.9 Å². The molecule has 0 aromatic heterocycles. The quantitative estimate of drug-likeness (QED) is 0.585. The number of thioether (sulfide) groups is 1. The van der Waals surface area contributed by atoms with Gasteiger partial charge in [0.2, 0.25) is 0 Å². The second kappa shape index (κ2) is 5.23. The molecule has 0 amide bonds. The Bertz CT molecular complexity index is 337. The van der Waals surface area contributed by atoms with Crippen LogP contribution in [0.25, 0.3) is 0 Å². The van der Waals surface area contributed by atoms with Crippen LogP contribution in [0, 0.1) is 5.82 Å². The van der Waals surface area contributed by atoms with Gasteiger partial charge in [-0.2, -0.15) is 0 Å². The van der Waals surface area contributed by atoms with Crippen molar-refractivity contribution in [1.82, 2.24) is 0 Å². The maximum Gasteiger partial charge on any atom is 0.171 e. The van der Waals surface area contributed by atoms with E-state index in [2.05, 4.69) is 0 Å². The lowest BCUT2D eigenvalue weighted by Gasteiger charge is -2.15. The highest BCUT2D eigenvalue weighted by Gasteiger charge is 2.28. The van der Waals surface area contributed by atoms with Gasteiger partial charge in [-0.05, 0) is 18.4 Å². The SMILES string of the molecule is CSc1ccc(F)cc1[S+]1CCOCC1.